The van der Waals surface area contributed by atoms with Gasteiger partial charge in [-0.1, -0.05) is 54.2 Å². The van der Waals surface area contributed by atoms with Crippen LogP contribution >= 0.6 is 11.8 Å². The van der Waals surface area contributed by atoms with Crippen molar-refractivity contribution in [2.75, 3.05) is 11.4 Å². The number of carbonyl (C=O) groups excluding carboxylic acids is 2. The molecule has 4 rings (SSSR count). The third-order valence-corrected chi connectivity index (χ3v) is 5.93. The third kappa shape index (κ3) is 4.17. The van der Waals surface area contributed by atoms with E-state index in [0.29, 0.717) is 12.1 Å². The van der Waals surface area contributed by atoms with Crippen LogP contribution in [0.25, 0.3) is 0 Å². The minimum atomic E-state index is -0.108. The highest BCUT2D eigenvalue weighted by atomic mass is 32.2. The normalized spacial score (nSPS) is 13.8. The molecular formula is C23H21N3O2S. The maximum absolute atomic E-state index is 13.2. The molecule has 3 aromatic rings. The first-order valence-corrected chi connectivity index (χ1v) is 10.3. The molecule has 0 radical (unpaired) electrons. The average molecular weight is 404 g/mol. The molecule has 5 nitrogen and oxygen atoms in total. The lowest BCUT2D eigenvalue weighted by atomic mass is 10.1. The first kappa shape index (κ1) is 19.2. The van der Waals surface area contributed by atoms with E-state index in [2.05, 4.69) is 10.3 Å². The monoisotopic (exact) mass is 403 g/mol. The van der Waals surface area contributed by atoms with Gasteiger partial charge < -0.3 is 10.2 Å². The lowest BCUT2D eigenvalue weighted by Gasteiger charge is -2.23. The van der Waals surface area contributed by atoms with E-state index in [1.807, 2.05) is 73.7 Å². The van der Waals surface area contributed by atoms with Gasteiger partial charge in [0.15, 0.2) is 0 Å². The van der Waals surface area contributed by atoms with Crippen molar-refractivity contribution in [3.63, 3.8) is 0 Å². The second-order valence-electron chi connectivity index (χ2n) is 6.83. The van der Waals surface area contributed by atoms with Gasteiger partial charge in [0.05, 0.1) is 17.3 Å². The second kappa shape index (κ2) is 8.49. The number of nitrogens with zero attached hydrogens (tertiary/aromatic N) is 2. The van der Waals surface area contributed by atoms with Crippen molar-refractivity contribution in [3.05, 3.63) is 84.1 Å². The molecule has 1 N–H and O–H groups in total. The smallest absolute Gasteiger partial charge is 0.259 e. The van der Waals surface area contributed by atoms with Crippen molar-refractivity contribution >= 4 is 29.3 Å². The number of amides is 2. The highest BCUT2D eigenvalue weighted by Gasteiger charge is 2.28. The quantitative estimate of drug-likeness (QED) is 0.683. The van der Waals surface area contributed by atoms with Crippen LogP contribution in [0.4, 0.5) is 5.69 Å². The number of carbonyl (C=O) groups is 2. The van der Waals surface area contributed by atoms with Crippen LogP contribution in [0.5, 0.6) is 0 Å². The molecule has 1 aliphatic rings. The molecule has 0 saturated heterocycles. The van der Waals surface area contributed by atoms with Crippen molar-refractivity contribution < 1.29 is 9.59 Å². The van der Waals surface area contributed by atoms with Crippen LogP contribution < -0.4 is 10.2 Å². The van der Waals surface area contributed by atoms with Crippen LogP contribution in [-0.4, -0.2) is 23.3 Å². The molecule has 1 atom stereocenters. The van der Waals surface area contributed by atoms with E-state index in [1.54, 1.807) is 11.1 Å². The Kier molecular flexibility index (Phi) is 5.62. The summed E-state index contributed by atoms with van der Waals surface area (Å²) in [4.78, 5) is 32.7. The maximum Gasteiger partial charge on any atom is 0.259 e. The van der Waals surface area contributed by atoms with E-state index >= 15 is 0 Å². The van der Waals surface area contributed by atoms with Gasteiger partial charge in [-0.15, -0.1) is 0 Å². The number of benzene rings is 2. The molecule has 0 unspecified atom stereocenters. The summed E-state index contributed by atoms with van der Waals surface area (Å²) in [5.41, 5.74) is 2.42. The second-order valence-corrected chi connectivity index (χ2v) is 7.86. The van der Waals surface area contributed by atoms with Crippen LogP contribution in [0.1, 0.15) is 35.3 Å². The Bertz CT molecular complexity index is 1040. The lowest BCUT2D eigenvalue weighted by Crippen LogP contribution is -2.36. The summed E-state index contributed by atoms with van der Waals surface area (Å²) < 4.78 is 0. The first-order valence-electron chi connectivity index (χ1n) is 9.51. The van der Waals surface area contributed by atoms with Crippen LogP contribution in [0.3, 0.4) is 0 Å². The van der Waals surface area contributed by atoms with E-state index in [9.17, 15) is 9.59 Å². The molecule has 0 saturated carbocycles. The Balaban J connectivity index is 1.51. The van der Waals surface area contributed by atoms with Crippen LogP contribution in [0, 0.1) is 0 Å². The zero-order valence-electron chi connectivity index (χ0n) is 16.0. The summed E-state index contributed by atoms with van der Waals surface area (Å²) in [5.74, 6) is -0.200. The van der Waals surface area contributed by atoms with Crippen LogP contribution in [-0.2, 0) is 4.79 Å². The summed E-state index contributed by atoms with van der Waals surface area (Å²) in [6, 6.07) is 20.9. The highest BCUT2D eigenvalue weighted by Crippen LogP contribution is 2.39. The molecule has 2 aromatic carbocycles. The molecule has 29 heavy (non-hydrogen) atoms. The lowest BCUT2D eigenvalue weighted by molar-refractivity contribution is -0.121. The van der Waals surface area contributed by atoms with Gasteiger partial charge in [0.1, 0.15) is 5.03 Å². The fourth-order valence-corrected chi connectivity index (χ4v) is 4.35. The fourth-order valence-electron chi connectivity index (χ4n) is 3.33. The summed E-state index contributed by atoms with van der Waals surface area (Å²) in [5, 5.41) is 3.78. The van der Waals surface area contributed by atoms with E-state index in [4.69, 9.17) is 0 Å². The number of hydrogen-bond acceptors (Lipinski definition) is 4. The van der Waals surface area contributed by atoms with Gasteiger partial charge in [-0.05, 0) is 36.8 Å². The predicted molar refractivity (Wildman–Crippen MR) is 114 cm³/mol. The molecule has 0 aliphatic carbocycles. The number of fused-ring (bicyclic) bond motifs is 2. The van der Waals surface area contributed by atoms with Crippen LogP contribution in [0.15, 0.2) is 82.8 Å². The number of pyridine rings is 1. The van der Waals surface area contributed by atoms with Gasteiger partial charge in [-0.2, -0.15) is 0 Å². The topological polar surface area (TPSA) is 62.3 Å². The average Bonchev–Trinajstić information content (AvgIpc) is 2.87. The standard InChI is InChI=1S/C23H21N3O2S/c1-16(17-8-3-2-4-9-17)25-21(27)13-15-26-19-11-7-14-24-22(19)29-20-12-6-5-10-18(20)23(26)28/h2-12,14,16H,13,15H2,1H3,(H,25,27)/t16-/m1/s1. The summed E-state index contributed by atoms with van der Waals surface area (Å²) in [6.45, 7) is 2.25. The van der Waals surface area contributed by atoms with Gasteiger partial charge in [0.2, 0.25) is 5.91 Å². The molecule has 0 bridgehead atoms. The van der Waals surface area contributed by atoms with Gasteiger partial charge >= 0.3 is 0 Å². The Labute approximate surface area is 174 Å². The number of hydrogen-bond donors (Lipinski definition) is 1. The van der Waals surface area contributed by atoms with Crippen molar-refractivity contribution in [2.45, 2.75) is 29.3 Å². The minimum absolute atomic E-state index is 0.0891. The summed E-state index contributed by atoms with van der Waals surface area (Å²) in [6.07, 6.45) is 1.93. The number of aromatic nitrogens is 1. The van der Waals surface area contributed by atoms with Gasteiger partial charge in [0.25, 0.3) is 5.91 Å². The van der Waals surface area contributed by atoms with Crippen molar-refractivity contribution in [3.8, 4) is 0 Å². The zero-order chi connectivity index (χ0) is 20.2. The Hall–Kier alpha value is -3.12. The molecular weight excluding hydrogens is 382 g/mol. The van der Waals surface area contributed by atoms with Crippen molar-refractivity contribution in [1.82, 2.24) is 10.3 Å². The number of rotatable bonds is 5. The van der Waals surface area contributed by atoms with Gasteiger partial charge in [0, 0.05) is 24.1 Å². The number of anilines is 1. The largest absolute Gasteiger partial charge is 0.350 e. The Morgan fingerprint density at radius 3 is 2.66 bits per heavy atom. The number of nitrogens with one attached hydrogen (secondary N) is 1. The highest BCUT2D eigenvalue weighted by molar-refractivity contribution is 7.99. The van der Waals surface area contributed by atoms with Crippen LogP contribution in [0.2, 0.25) is 0 Å². The van der Waals surface area contributed by atoms with E-state index in [-0.39, 0.29) is 24.3 Å². The van der Waals surface area contributed by atoms with Gasteiger partial charge in [-0.25, -0.2) is 4.98 Å². The molecule has 0 fully saturated rings. The molecule has 6 heteroatoms. The predicted octanol–water partition coefficient (Wildman–Crippen LogP) is 4.46. The molecule has 1 aliphatic heterocycles. The zero-order valence-corrected chi connectivity index (χ0v) is 16.9. The molecule has 0 spiro atoms. The maximum atomic E-state index is 13.2. The summed E-state index contributed by atoms with van der Waals surface area (Å²) in [7, 11) is 0. The van der Waals surface area contributed by atoms with E-state index < -0.39 is 0 Å². The fraction of sp³-hybridized carbons (Fsp3) is 0.174. The van der Waals surface area contributed by atoms with Crippen molar-refractivity contribution in [1.29, 1.82) is 0 Å². The van der Waals surface area contributed by atoms with E-state index in [1.165, 1.54) is 11.8 Å². The van der Waals surface area contributed by atoms with E-state index in [0.717, 1.165) is 21.2 Å². The Morgan fingerprint density at radius 1 is 1.07 bits per heavy atom. The molecule has 146 valence electrons. The molecule has 2 heterocycles. The molecule has 2 amide bonds. The Morgan fingerprint density at radius 2 is 1.83 bits per heavy atom. The minimum Gasteiger partial charge on any atom is -0.350 e. The summed E-state index contributed by atoms with van der Waals surface area (Å²) >= 11 is 1.48. The SMILES string of the molecule is C[C@@H](NC(=O)CCN1C(=O)c2ccccc2Sc2ncccc21)c1ccccc1. The van der Waals surface area contributed by atoms with Gasteiger partial charge in [-0.3, -0.25) is 9.59 Å². The third-order valence-electron chi connectivity index (χ3n) is 4.85. The first-order chi connectivity index (χ1) is 14.1. The molecule has 1 aromatic heterocycles. The van der Waals surface area contributed by atoms with Crippen molar-refractivity contribution in [2.24, 2.45) is 0 Å².